The Morgan fingerprint density at radius 3 is 2.00 bits per heavy atom. The molecule has 0 spiro atoms. The molecule has 0 bridgehead atoms. The first kappa shape index (κ1) is 14.0. The summed E-state index contributed by atoms with van der Waals surface area (Å²) in [4.78, 5) is 23.4. The van der Waals surface area contributed by atoms with Crippen LogP contribution in [0.5, 0.6) is 0 Å². The molecule has 0 aliphatic carbocycles. The third-order valence-corrected chi connectivity index (χ3v) is 3.10. The van der Waals surface area contributed by atoms with Gasteiger partial charge in [0.1, 0.15) is 0 Å². The van der Waals surface area contributed by atoms with Gasteiger partial charge in [-0.15, -0.1) is 0 Å². The highest BCUT2D eigenvalue weighted by Crippen LogP contribution is 2.15. The summed E-state index contributed by atoms with van der Waals surface area (Å²) in [7, 11) is 0. The number of aliphatic hydroxyl groups excluding tert-OH is 1. The topological polar surface area (TPSA) is 74.6 Å². The predicted octanol–water partition coefficient (Wildman–Crippen LogP) is 2.30. The van der Waals surface area contributed by atoms with Crippen LogP contribution in [0.1, 0.15) is 31.8 Å². The van der Waals surface area contributed by atoms with Gasteiger partial charge in [-0.1, -0.05) is 42.5 Å². The van der Waals surface area contributed by atoms with E-state index in [1.165, 1.54) is 12.1 Å². The van der Waals surface area contributed by atoms with E-state index in [0.717, 1.165) is 0 Å². The van der Waals surface area contributed by atoms with E-state index in [4.69, 9.17) is 5.11 Å². The van der Waals surface area contributed by atoms with E-state index in [2.05, 4.69) is 0 Å². The first-order valence-electron chi connectivity index (χ1n) is 6.16. The minimum Gasteiger partial charge on any atom is -0.478 e. The van der Waals surface area contributed by atoms with Crippen LogP contribution in [0.3, 0.4) is 0 Å². The second-order valence-corrected chi connectivity index (χ2v) is 4.38. The number of rotatable bonds is 5. The van der Waals surface area contributed by atoms with Gasteiger partial charge >= 0.3 is 5.97 Å². The summed E-state index contributed by atoms with van der Waals surface area (Å²) in [6, 6.07) is 13.2. The molecule has 0 heterocycles. The molecule has 0 atom stereocenters. The van der Waals surface area contributed by atoms with E-state index in [1.54, 1.807) is 36.4 Å². The average Bonchev–Trinajstić information content (AvgIpc) is 2.47. The molecule has 2 aromatic rings. The summed E-state index contributed by atoms with van der Waals surface area (Å²) in [5.74, 6) is -1.40. The molecule has 0 aliphatic heterocycles. The van der Waals surface area contributed by atoms with E-state index in [1.807, 2.05) is 0 Å². The zero-order valence-electron chi connectivity index (χ0n) is 10.7. The van der Waals surface area contributed by atoms with Crippen LogP contribution in [-0.4, -0.2) is 22.0 Å². The quantitative estimate of drug-likeness (QED) is 0.817. The van der Waals surface area contributed by atoms with Crippen molar-refractivity contribution in [1.82, 2.24) is 0 Å². The van der Waals surface area contributed by atoms with Crippen molar-refractivity contribution in [2.24, 2.45) is 0 Å². The van der Waals surface area contributed by atoms with Crippen molar-refractivity contribution in [3.05, 3.63) is 70.8 Å². The molecule has 102 valence electrons. The van der Waals surface area contributed by atoms with Gasteiger partial charge in [-0.25, -0.2) is 4.79 Å². The molecule has 20 heavy (non-hydrogen) atoms. The van der Waals surface area contributed by atoms with Gasteiger partial charge in [0.25, 0.3) is 0 Å². The molecule has 0 saturated heterocycles. The number of ketones is 1. The Hall–Kier alpha value is -2.46. The number of aliphatic hydroxyl groups is 1. The molecule has 0 unspecified atom stereocenters. The molecule has 4 nitrogen and oxygen atoms in total. The van der Waals surface area contributed by atoms with Crippen molar-refractivity contribution in [1.29, 1.82) is 0 Å². The van der Waals surface area contributed by atoms with E-state index in [0.29, 0.717) is 11.1 Å². The van der Waals surface area contributed by atoms with Crippen LogP contribution in [0, 0.1) is 0 Å². The lowest BCUT2D eigenvalue weighted by Crippen LogP contribution is -2.11. The molecule has 0 fully saturated rings. The molecule has 0 radical (unpaired) electrons. The largest absolute Gasteiger partial charge is 0.478 e. The fraction of sp³-hybridized carbons (Fsp3) is 0.125. The van der Waals surface area contributed by atoms with Gasteiger partial charge in [0.15, 0.2) is 5.78 Å². The normalized spacial score (nSPS) is 10.2. The molecule has 0 aliphatic rings. The Balaban J connectivity index is 2.31. The number of aromatic carboxylic acids is 1. The minimum atomic E-state index is -1.12. The first-order chi connectivity index (χ1) is 9.63. The Morgan fingerprint density at radius 2 is 1.40 bits per heavy atom. The molecule has 2 rings (SSSR count). The third kappa shape index (κ3) is 2.92. The summed E-state index contributed by atoms with van der Waals surface area (Å²) in [6.45, 7) is -0.149. The Kier molecular flexibility index (Phi) is 4.27. The van der Waals surface area contributed by atoms with Crippen molar-refractivity contribution in [3.63, 3.8) is 0 Å². The zero-order chi connectivity index (χ0) is 14.5. The zero-order valence-corrected chi connectivity index (χ0v) is 10.7. The Morgan fingerprint density at radius 1 is 0.850 bits per heavy atom. The highest BCUT2D eigenvalue weighted by Gasteiger charge is 2.16. The number of carbonyl (C=O) groups is 2. The van der Waals surface area contributed by atoms with E-state index < -0.39 is 5.97 Å². The highest BCUT2D eigenvalue weighted by atomic mass is 16.4. The number of Topliss-reactive ketones (excluding diaryl/α,β-unsaturated/α-hetero) is 1. The number of benzene rings is 2. The lowest BCUT2D eigenvalue weighted by atomic mass is 9.96. The Labute approximate surface area is 116 Å². The van der Waals surface area contributed by atoms with Crippen LogP contribution in [0.15, 0.2) is 48.5 Å². The van der Waals surface area contributed by atoms with E-state index in [-0.39, 0.29) is 29.9 Å². The molecule has 2 N–H and O–H groups in total. The predicted molar refractivity (Wildman–Crippen MR) is 73.8 cm³/mol. The van der Waals surface area contributed by atoms with Crippen molar-refractivity contribution in [2.75, 3.05) is 0 Å². The molecular weight excluding hydrogens is 256 g/mol. The summed E-state index contributed by atoms with van der Waals surface area (Å²) < 4.78 is 0. The van der Waals surface area contributed by atoms with Crippen LogP contribution in [0.4, 0.5) is 0 Å². The van der Waals surface area contributed by atoms with Crippen LogP contribution in [0.2, 0.25) is 0 Å². The summed E-state index contributed by atoms with van der Waals surface area (Å²) in [5.41, 5.74) is 1.57. The summed E-state index contributed by atoms with van der Waals surface area (Å²) >= 11 is 0. The van der Waals surface area contributed by atoms with Gasteiger partial charge in [0.05, 0.1) is 12.2 Å². The maximum Gasteiger partial charge on any atom is 0.336 e. The van der Waals surface area contributed by atoms with Gasteiger partial charge < -0.3 is 10.2 Å². The van der Waals surface area contributed by atoms with Crippen LogP contribution in [0.25, 0.3) is 0 Å². The second-order valence-electron chi connectivity index (χ2n) is 4.38. The molecule has 4 heteroatoms. The lowest BCUT2D eigenvalue weighted by molar-refractivity contribution is 0.0692. The van der Waals surface area contributed by atoms with Crippen molar-refractivity contribution < 1.29 is 19.8 Å². The smallest absolute Gasteiger partial charge is 0.336 e. The molecule has 0 aromatic heterocycles. The minimum absolute atomic E-state index is 0.000945. The van der Waals surface area contributed by atoms with E-state index in [9.17, 15) is 14.7 Å². The standard InChI is InChI=1S/C16H14O4/c17-10-12-6-2-1-5-11(12)9-15(18)13-7-3-4-8-14(13)16(19)20/h1-8,17H,9-10H2,(H,19,20). The number of carboxylic acid groups (broad SMARTS) is 1. The molecular formula is C16H14O4. The van der Waals surface area contributed by atoms with Crippen molar-refractivity contribution >= 4 is 11.8 Å². The van der Waals surface area contributed by atoms with Crippen molar-refractivity contribution in [3.8, 4) is 0 Å². The Bertz CT molecular complexity index is 646. The van der Waals surface area contributed by atoms with Gasteiger partial charge in [0, 0.05) is 12.0 Å². The van der Waals surface area contributed by atoms with Crippen molar-refractivity contribution in [2.45, 2.75) is 13.0 Å². The summed E-state index contributed by atoms with van der Waals surface area (Å²) in [5, 5.41) is 18.3. The maximum atomic E-state index is 12.3. The van der Waals surface area contributed by atoms with Gasteiger partial charge in [-0.2, -0.15) is 0 Å². The summed E-state index contributed by atoms with van der Waals surface area (Å²) in [6.07, 6.45) is 0.0705. The van der Waals surface area contributed by atoms with Gasteiger partial charge in [-0.3, -0.25) is 4.79 Å². The lowest BCUT2D eigenvalue weighted by Gasteiger charge is -2.08. The van der Waals surface area contributed by atoms with Gasteiger partial charge in [-0.05, 0) is 17.2 Å². The number of hydrogen-bond donors (Lipinski definition) is 2. The SMILES string of the molecule is O=C(O)c1ccccc1C(=O)Cc1ccccc1CO. The van der Waals surface area contributed by atoms with Crippen LogP contribution >= 0.6 is 0 Å². The fourth-order valence-corrected chi connectivity index (χ4v) is 2.07. The number of hydrogen-bond acceptors (Lipinski definition) is 3. The highest BCUT2D eigenvalue weighted by molar-refractivity contribution is 6.06. The molecule has 2 aromatic carbocycles. The number of carbonyl (C=O) groups excluding carboxylic acids is 1. The fourth-order valence-electron chi connectivity index (χ4n) is 2.07. The van der Waals surface area contributed by atoms with Gasteiger partial charge in [0.2, 0.25) is 0 Å². The second kappa shape index (κ2) is 6.12. The first-order valence-corrected chi connectivity index (χ1v) is 6.16. The average molecular weight is 270 g/mol. The molecule has 0 saturated carbocycles. The van der Waals surface area contributed by atoms with Crippen LogP contribution < -0.4 is 0 Å². The van der Waals surface area contributed by atoms with E-state index >= 15 is 0 Å². The number of carboxylic acids is 1. The van der Waals surface area contributed by atoms with Crippen LogP contribution in [-0.2, 0) is 13.0 Å². The molecule has 0 amide bonds. The third-order valence-electron chi connectivity index (χ3n) is 3.10. The maximum absolute atomic E-state index is 12.3. The monoisotopic (exact) mass is 270 g/mol.